The van der Waals surface area contributed by atoms with Crippen molar-refractivity contribution in [3.05, 3.63) is 39.9 Å². The van der Waals surface area contributed by atoms with Crippen molar-refractivity contribution >= 4 is 12.1 Å². The van der Waals surface area contributed by atoms with Crippen LogP contribution in [-0.4, -0.2) is 23.5 Å². The van der Waals surface area contributed by atoms with Gasteiger partial charge in [0.2, 0.25) is 6.41 Å². The van der Waals surface area contributed by atoms with Gasteiger partial charge >= 0.3 is 0 Å². The summed E-state index contributed by atoms with van der Waals surface area (Å²) in [5, 5.41) is 10.6. The molecule has 1 atom stereocenters. The van der Waals surface area contributed by atoms with Gasteiger partial charge in [-0.2, -0.15) is 0 Å². The topological polar surface area (TPSA) is 95.5 Å². The van der Waals surface area contributed by atoms with E-state index in [4.69, 9.17) is 9.53 Å². The molecule has 0 saturated carbocycles. The van der Waals surface area contributed by atoms with Crippen LogP contribution in [0.5, 0.6) is 0 Å². The van der Waals surface area contributed by atoms with Crippen molar-refractivity contribution in [3.63, 3.8) is 0 Å². The molecule has 6 heteroatoms. The summed E-state index contributed by atoms with van der Waals surface area (Å²) in [5.41, 5.74) is 5.40. The maximum absolute atomic E-state index is 10.6. The quantitative estimate of drug-likeness (QED) is 0.511. The van der Waals surface area contributed by atoms with Crippen LogP contribution in [0.3, 0.4) is 0 Å². The highest BCUT2D eigenvalue weighted by Crippen LogP contribution is 2.35. The molecule has 1 aliphatic rings. The summed E-state index contributed by atoms with van der Waals surface area (Å²) in [7, 11) is 0. The summed E-state index contributed by atoms with van der Waals surface area (Å²) in [6.45, 7) is 4.93. The zero-order chi connectivity index (χ0) is 15.2. The first kappa shape index (κ1) is 16.1. The molecule has 0 spiro atoms. The number of primary amides is 1. The normalized spacial score (nSPS) is 20.4. The standard InChI is InChI=1S/C13H17NO3.CH3NO/c1-13(2)9-11(7-8-17-13)10-3-5-12(6-4-10)14(15)16;2-1-3/h3-6,11H,7-9H2,1-2H3;1H,(H2,2,3). The lowest BCUT2D eigenvalue weighted by Gasteiger charge is -2.35. The number of hydrogen-bond acceptors (Lipinski definition) is 4. The Hall–Kier alpha value is -1.95. The van der Waals surface area contributed by atoms with Gasteiger partial charge in [0.15, 0.2) is 0 Å². The highest BCUT2D eigenvalue weighted by atomic mass is 16.6. The van der Waals surface area contributed by atoms with Crippen molar-refractivity contribution in [3.8, 4) is 0 Å². The van der Waals surface area contributed by atoms with E-state index >= 15 is 0 Å². The van der Waals surface area contributed by atoms with E-state index in [0.717, 1.165) is 19.4 Å². The number of nitro groups is 1. The van der Waals surface area contributed by atoms with E-state index in [9.17, 15) is 10.1 Å². The zero-order valence-corrected chi connectivity index (χ0v) is 11.7. The largest absolute Gasteiger partial charge is 0.376 e. The van der Waals surface area contributed by atoms with Crippen LogP contribution >= 0.6 is 0 Å². The highest BCUT2D eigenvalue weighted by Gasteiger charge is 2.29. The summed E-state index contributed by atoms with van der Waals surface area (Å²) in [6.07, 6.45) is 2.20. The van der Waals surface area contributed by atoms with Crippen molar-refractivity contribution in [2.75, 3.05) is 6.61 Å². The number of carbonyl (C=O) groups excluding carboxylic acids is 1. The molecule has 1 aliphatic heterocycles. The van der Waals surface area contributed by atoms with Gasteiger partial charge in [0.1, 0.15) is 0 Å². The number of carbonyl (C=O) groups is 1. The Balaban J connectivity index is 0.000000612. The van der Waals surface area contributed by atoms with E-state index in [-0.39, 0.29) is 22.6 Å². The third kappa shape index (κ3) is 4.62. The van der Waals surface area contributed by atoms with Crippen LogP contribution < -0.4 is 5.73 Å². The monoisotopic (exact) mass is 280 g/mol. The van der Waals surface area contributed by atoms with Gasteiger partial charge in [-0.1, -0.05) is 12.1 Å². The lowest BCUT2D eigenvalue weighted by Crippen LogP contribution is -2.32. The summed E-state index contributed by atoms with van der Waals surface area (Å²) in [5.74, 6) is 0.444. The average Bonchev–Trinajstić information content (AvgIpc) is 2.38. The summed E-state index contributed by atoms with van der Waals surface area (Å²) < 4.78 is 5.67. The van der Waals surface area contributed by atoms with E-state index in [1.54, 1.807) is 12.1 Å². The molecular weight excluding hydrogens is 260 g/mol. The number of nitro benzene ring substituents is 1. The lowest BCUT2D eigenvalue weighted by atomic mass is 9.83. The van der Waals surface area contributed by atoms with Crippen LogP contribution in [0.15, 0.2) is 24.3 Å². The molecule has 1 aromatic carbocycles. The maximum atomic E-state index is 10.6. The van der Waals surface area contributed by atoms with Crippen molar-refractivity contribution < 1.29 is 14.5 Å². The predicted octanol–water partition coefficient (Wildman–Crippen LogP) is 2.37. The average molecular weight is 280 g/mol. The SMILES string of the molecule is CC1(C)CC(c2ccc([N+](=O)[O-])cc2)CCO1.NC=O. The second-order valence-corrected chi connectivity index (χ2v) is 5.28. The number of non-ortho nitro benzene ring substituents is 1. The third-order valence-corrected chi connectivity index (χ3v) is 3.27. The fourth-order valence-electron chi connectivity index (χ4n) is 2.38. The number of amides is 1. The fourth-order valence-corrected chi connectivity index (χ4v) is 2.38. The molecule has 0 aromatic heterocycles. The first-order valence-electron chi connectivity index (χ1n) is 6.43. The maximum Gasteiger partial charge on any atom is 0.269 e. The zero-order valence-electron chi connectivity index (χ0n) is 11.7. The van der Waals surface area contributed by atoms with Gasteiger partial charge < -0.3 is 10.5 Å². The summed E-state index contributed by atoms with van der Waals surface area (Å²) in [6, 6.07) is 6.89. The Labute approximate surface area is 118 Å². The van der Waals surface area contributed by atoms with Crippen LogP contribution in [-0.2, 0) is 9.53 Å². The van der Waals surface area contributed by atoms with Gasteiger partial charge in [-0.3, -0.25) is 14.9 Å². The molecule has 1 fully saturated rings. The Bertz CT molecular complexity index is 457. The molecule has 0 radical (unpaired) electrons. The minimum Gasteiger partial charge on any atom is -0.376 e. The number of nitrogens with zero attached hydrogens (tertiary/aromatic N) is 1. The summed E-state index contributed by atoms with van der Waals surface area (Å²) >= 11 is 0. The second kappa shape index (κ2) is 7.00. The number of hydrogen-bond donors (Lipinski definition) is 1. The van der Waals surface area contributed by atoms with Gasteiger partial charge in [-0.05, 0) is 38.2 Å². The minimum absolute atomic E-state index is 0.0926. The van der Waals surface area contributed by atoms with Crippen molar-refractivity contribution in [1.82, 2.24) is 0 Å². The van der Waals surface area contributed by atoms with E-state index in [2.05, 4.69) is 19.6 Å². The summed E-state index contributed by atoms with van der Waals surface area (Å²) in [4.78, 5) is 18.8. The number of benzene rings is 1. The molecule has 2 N–H and O–H groups in total. The van der Waals surface area contributed by atoms with Gasteiger partial charge in [-0.25, -0.2) is 0 Å². The minimum atomic E-state index is -0.363. The number of ether oxygens (including phenoxy) is 1. The Morgan fingerprint density at radius 3 is 2.40 bits per heavy atom. The van der Waals surface area contributed by atoms with E-state index < -0.39 is 0 Å². The van der Waals surface area contributed by atoms with Gasteiger partial charge in [0.05, 0.1) is 10.5 Å². The Kier molecular flexibility index (Phi) is 5.64. The smallest absolute Gasteiger partial charge is 0.269 e. The fraction of sp³-hybridized carbons (Fsp3) is 0.500. The molecule has 20 heavy (non-hydrogen) atoms. The highest BCUT2D eigenvalue weighted by molar-refractivity contribution is 5.42. The van der Waals surface area contributed by atoms with Gasteiger partial charge in [0.25, 0.3) is 5.69 Å². The first-order chi connectivity index (χ1) is 9.39. The molecule has 0 bridgehead atoms. The Morgan fingerprint density at radius 2 is 1.95 bits per heavy atom. The number of nitrogens with two attached hydrogens (primary N) is 1. The molecular formula is C14H20N2O4. The molecule has 1 aromatic rings. The number of rotatable bonds is 2. The molecule has 110 valence electrons. The molecule has 1 heterocycles. The van der Waals surface area contributed by atoms with Crippen LogP contribution in [0.4, 0.5) is 5.69 Å². The van der Waals surface area contributed by atoms with Crippen LogP contribution in [0.1, 0.15) is 38.2 Å². The van der Waals surface area contributed by atoms with E-state index in [1.807, 2.05) is 12.1 Å². The van der Waals surface area contributed by atoms with Gasteiger partial charge in [-0.15, -0.1) is 0 Å². The molecule has 1 amide bonds. The molecule has 0 aliphatic carbocycles. The van der Waals surface area contributed by atoms with E-state index in [1.165, 1.54) is 5.56 Å². The molecule has 6 nitrogen and oxygen atoms in total. The Morgan fingerprint density at radius 1 is 1.40 bits per heavy atom. The van der Waals surface area contributed by atoms with Gasteiger partial charge in [0, 0.05) is 18.7 Å². The van der Waals surface area contributed by atoms with Crippen LogP contribution in [0.2, 0.25) is 0 Å². The van der Waals surface area contributed by atoms with Crippen molar-refractivity contribution in [2.24, 2.45) is 5.73 Å². The molecule has 1 saturated heterocycles. The first-order valence-corrected chi connectivity index (χ1v) is 6.43. The van der Waals surface area contributed by atoms with Crippen LogP contribution in [0.25, 0.3) is 0 Å². The van der Waals surface area contributed by atoms with Crippen molar-refractivity contribution in [2.45, 2.75) is 38.2 Å². The third-order valence-electron chi connectivity index (χ3n) is 3.27. The van der Waals surface area contributed by atoms with Crippen molar-refractivity contribution in [1.29, 1.82) is 0 Å². The molecule has 2 rings (SSSR count). The van der Waals surface area contributed by atoms with Crippen LogP contribution in [0, 0.1) is 10.1 Å². The predicted molar refractivity (Wildman–Crippen MR) is 75.4 cm³/mol. The second-order valence-electron chi connectivity index (χ2n) is 5.28. The molecule has 1 unspecified atom stereocenters. The lowest BCUT2D eigenvalue weighted by molar-refractivity contribution is -0.384. The van der Waals surface area contributed by atoms with E-state index in [0.29, 0.717) is 5.92 Å².